The van der Waals surface area contributed by atoms with Crippen molar-refractivity contribution in [3.63, 3.8) is 0 Å². The van der Waals surface area contributed by atoms with E-state index in [9.17, 15) is 0 Å². The number of allylic oxidation sites excluding steroid dienone is 2. The van der Waals surface area contributed by atoms with E-state index in [1.807, 2.05) is 0 Å². The highest BCUT2D eigenvalue weighted by Gasteiger charge is 2.37. The van der Waals surface area contributed by atoms with Crippen LogP contribution in [0.15, 0.2) is 243 Å². The van der Waals surface area contributed by atoms with Crippen LogP contribution in [-0.4, -0.2) is 6.04 Å². The predicted molar refractivity (Wildman–Crippen MR) is 263 cm³/mol. The highest BCUT2D eigenvalue weighted by atomic mass is 15.2. The van der Waals surface area contributed by atoms with Gasteiger partial charge >= 0.3 is 0 Å². The molecule has 0 saturated carbocycles. The van der Waals surface area contributed by atoms with Gasteiger partial charge in [-0.2, -0.15) is 0 Å². The number of para-hydroxylation sites is 3. The van der Waals surface area contributed by atoms with Crippen LogP contribution in [0.2, 0.25) is 0 Å². The van der Waals surface area contributed by atoms with Crippen molar-refractivity contribution in [2.45, 2.75) is 12.0 Å². The second kappa shape index (κ2) is 15.0. The number of fused-ring (bicyclic) bond motifs is 7. The van der Waals surface area contributed by atoms with Gasteiger partial charge in [0.15, 0.2) is 0 Å². The zero-order valence-corrected chi connectivity index (χ0v) is 34.1. The van der Waals surface area contributed by atoms with Crippen LogP contribution >= 0.6 is 0 Å². The van der Waals surface area contributed by atoms with Crippen molar-refractivity contribution < 1.29 is 0 Å². The fourth-order valence-corrected chi connectivity index (χ4v) is 10.1. The molecule has 0 spiro atoms. The molecule has 1 heterocycles. The summed E-state index contributed by atoms with van der Waals surface area (Å²) in [7, 11) is 0. The van der Waals surface area contributed by atoms with Crippen molar-refractivity contribution in [3.8, 4) is 33.4 Å². The largest absolute Gasteiger partial charge is 0.333 e. The quantitative estimate of drug-likeness (QED) is 0.148. The van der Waals surface area contributed by atoms with Crippen molar-refractivity contribution in [1.29, 1.82) is 0 Å². The zero-order chi connectivity index (χ0) is 41.0. The molecule has 62 heavy (non-hydrogen) atoms. The van der Waals surface area contributed by atoms with Gasteiger partial charge in [-0.1, -0.05) is 188 Å². The maximum atomic E-state index is 2.54. The van der Waals surface area contributed by atoms with Gasteiger partial charge in [0.25, 0.3) is 0 Å². The van der Waals surface area contributed by atoms with Crippen LogP contribution < -0.4 is 9.80 Å². The van der Waals surface area contributed by atoms with Crippen LogP contribution in [-0.2, 0) is 0 Å². The summed E-state index contributed by atoms with van der Waals surface area (Å²) in [4.78, 5) is 4.98. The van der Waals surface area contributed by atoms with Crippen LogP contribution in [0.5, 0.6) is 0 Å². The minimum Gasteiger partial charge on any atom is -0.333 e. The molecule has 12 rings (SSSR count). The van der Waals surface area contributed by atoms with Crippen LogP contribution in [0, 0.1) is 0 Å². The molecule has 0 amide bonds. The Hall–Kier alpha value is -7.94. The Morgan fingerprint density at radius 2 is 1.00 bits per heavy atom. The van der Waals surface area contributed by atoms with Crippen molar-refractivity contribution >= 4 is 60.8 Å². The highest BCUT2D eigenvalue weighted by Crippen LogP contribution is 2.50. The average molecular weight is 791 g/mol. The third kappa shape index (κ3) is 6.03. The molecule has 2 unspecified atom stereocenters. The summed E-state index contributed by atoms with van der Waals surface area (Å²) in [6.07, 6.45) is 9.09. The Kier molecular flexibility index (Phi) is 8.67. The first-order valence-electron chi connectivity index (χ1n) is 21.6. The fraction of sp³-hybridized carbons (Fsp3) is 0.0333. The van der Waals surface area contributed by atoms with Gasteiger partial charge in [-0.05, 0) is 115 Å². The number of nitrogens with zero attached hydrogens (tertiary/aromatic N) is 2. The van der Waals surface area contributed by atoms with Gasteiger partial charge in [0.05, 0.1) is 11.7 Å². The van der Waals surface area contributed by atoms with Crippen LogP contribution in [0.25, 0.3) is 65.7 Å². The van der Waals surface area contributed by atoms with Crippen molar-refractivity contribution in [3.05, 3.63) is 248 Å². The van der Waals surface area contributed by atoms with Crippen LogP contribution in [0.1, 0.15) is 11.5 Å². The van der Waals surface area contributed by atoms with Crippen molar-refractivity contribution in [1.82, 2.24) is 0 Å². The summed E-state index contributed by atoms with van der Waals surface area (Å²) < 4.78 is 0. The van der Waals surface area contributed by atoms with Gasteiger partial charge in [-0.15, -0.1) is 0 Å². The molecule has 0 fully saturated rings. The average Bonchev–Trinajstić information content (AvgIpc) is 3.68. The summed E-state index contributed by atoms with van der Waals surface area (Å²) in [5.41, 5.74) is 14.3. The Morgan fingerprint density at radius 3 is 1.87 bits per heavy atom. The molecular weight excluding hydrogens is 749 g/mol. The zero-order valence-electron chi connectivity index (χ0n) is 34.1. The Bertz CT molecular complexity index is 3390. The van der Waals surface area contributed by atoms with Gasteiger partial charge in [0, 0.05) is 39.8 Å². The third-order valence-electron chi connectivity index (χ3n) is 12.9. The van der Waals surface area contributed by atoms with Gasteiger partial charge in [0.2, 0.25) is 0 Å². The summed E-state index contributed by atoms with van der Waals surface area (Å²) in [6, 6.07) is 80.5. The highest BCUT2D eigenvalue weighted by molar-refractivity contribution is 6.14. The lowest BCUT2D eigenvalue weighted by molar-refractivity contribution is 0.745. The van der Waals surface area contributed by atoms with E-state index in [1.54, 1.807) is 0 Å². The van der Waals surface area contributed by atoms with E-state index < -0.39 is 0 Å². The summed E-state index contributed by atoms with van der Waals surface area (Å²) in [6.45, 7) is 0. The van der Waals surface area contributed by atoms with E-state index in [-0.39, 0.29) is 6.04 Å². The number of hydrogen-bond donors (Lipinski definition) is 0. The molecule has 10 aromatic rings. The van der Waals surface area contributed by atoms with E-state index >= 15 is 0 Å². The van der Waals surface area contributed by atoms with Crippen LogP contribution in [0.3, 0.4) is 0 Å². The number of rotatable bonds is 7. The predicted octanol–water partition coefficient (Wildman–Crippen LogP) is 16.3. The maximum Gasteiger partial charge on any atom is 0.0629 e. The van der Waals surface area contributed by atoms with Crippen molar-refractivity contribution in [2.75, 3.05) is 9.80 Å². The second-order valence-corrected chi connectivity index (χ2v) is 16.4. The van der Waals surface area contributed by atoms with E-state index in [4.69, 9.17) is 0 Å². The lowest BCUT2D eigenvalue weighted by Gasteiger charge is -2.31. The number of hydrogen-bond acceptors (Lipinski definition) is 2. The summed E-state index contributed by atoms with van der Waals surface area (Å²) in [5.74, 6) is 0.325. The van der Waals surface area contributed by atoms with Gasteiger partial charge in [-0.3, -0.25) is 0 Å². The molecule has 2 atom stereocenters. The number of anilines is 5. The minimum atomic E-state index is 0.229. The van der Waals surface area contributed by atoms with E-state index in [2.05, 4.69) is 252 Å². The standard InChI is InChI=1S/C60H42N2/c1-2-17-43-38-46(33-32-41(43)16-1)51-23-8-11-28-57(51)61(48-20-15-19-44(39-48)56-40-45-18-3-4-21-49(45)52-24-5-6-25-53(52)56)47-36-34-42(35-37-47)50-22-7-12-29-58(50)62-59-30-13-9-26-54(59)55-27-10-14-31-60(55)62/h1-40,54,59H. The molecule has 0 radical (unpaired) electrons. The first-order chi connectivity index (χ1) is 30.8. The van der Waals surface area contributed by atoms with Gasteiger partial charge in [-0.25, -0.2) is 0 Å². The monoisotopic (exact) mass is 790 g/mol. The molecule has 2 aliphatic rings. The maximum absolute atomic E-state index is 2.54. The SMILES string of the molecule is C1=CC2c3ccccc3N(c3ccccc3-c3ccc(N(c4cccc(-c5cc6ccccc6c6ccccc56)c4)c4ccccc4-c4ccc5ccccc5c4)cc3)C2C=C1. The smallest absolute Gasteiger partial charge is 0.0629 e. The second-order valence-electron chi connectivity index (χ2n) is 16.4. The Morgan fingerprint density at radius 1 is 0.355 bits per heavy atom. The summed E-state index contributed by atoms with van der Waals surface area (Å²) in [5, 5.41) is 7.50. The molecular formula is C60H42N2. The van der Waals surface area contributed by atoms with E-state index in [1.165, 1.54) is 82.6 Å². The Labute approximate surface area is 362 Å². The van der Waals surface area contributed by atoms with Gasteiger partial charge in [0.1, 0.15) is 0 Å². The topological polar surface area (TPSA) is 6.48 Å². The minimum absolute atomic E-state index is 0.229. The van der Waals surface area contributed by atoms with E-state index in [0.29, 0.717) is 5.92 Å². The molecule has 0 aromatic heterocycles. The van der Waals surface area contributed by atoms with Crippen LogP contribution in [0.4, 0.5) is 28.4 Å². The lowest BCUT2D eigenvalue weighted by Crippen LogP contribution is -2.28. The molecule has 0 bridgehead atoms. The lowest BCUT2D eigenvalue weighted by atomic mass is 9.91. The number of benzene rings is 10. The molecule has 292 valence electrons. The van der Waals surface area contributed by atoms with E-state index in [0.717, 1.165) is 17.1 Å². The normalized spacial score (nSPS) is 15.3. The Balaban J connectivity index is 1.01. The third-order valence-corrected chi connectivity index (χ3v) is 12.9. The van der Waals surface area contributed by atoms with Gasteiger partial charge < -0.3 is 9.80 Å². The molecule has 2 nitrogen and oxygen atoms in total. The fourth-order valence-electron chi connectivity index (χ4n) is 10.1. The molecule has 1 aliphatic heterocycles. The molecule has 10 aromatic carbocycles. The molecule has 0 saturated heterocycles. The molecule has 0 N–H and O–H groups in total. The first-order valence-corrected chi connectivity index (χ1v) is 21.6. The van der Waals surface area contributed by atoms with Crippen molar-refractivity contribution in [2.24, 2.45) is 0 Å². The summed E-state index contributed by atoms with van der Waals surface area (Å²) >= 11 is 0. The molecule has 2 heteroatoms. The first kappa shape index (κ1) is 36.0. The molecule has 1 aliphatic carbocycles.